The number of amides is 1. The molecule has 25 heavy (non-hydrogen) atoms. The number of carbonyl (C=O) groups is 2. The van der Waals surface area contributed by atoms with Crippen LogP contribution >= 0.6 is 15.9 Å². The lowest BCUT2D eigenvalue weighted by molar-refractivity contribution is -0.129. The molecule has 0 spiro atoms. The molecule has 3 rings (SSSR count). The standard InChI is InChI=1S/C18H16BrNO5/c1-11(25-18(22)13-4-2-3-5-14(13)19)17(21)20-9-12-6-7-15-16(8-12)24-10-23-15/h2-8,11H,9-10H2,1H3,(H,20,21)/t11-/m1/s1. The maximum absolute atomic E-state index is 12.1. The third-order valence-electron chi connectivity index (χ3n) is 3.65. The molecule has 2 aromatic rings. The highest BCUT2D eigenvalue weighted by atomic mass is 79.9. The van der Waals surface area contributed by atoms with Gasteiger partial charge in [-0.3, -0.25) is 4.79 Å². The van der Waals surface area contributed by atoms with Gasteiger partial charge >= 0.3 is 5.97 Å². The summed E-state index contributed by atoms with van der Waals surface area (Å²) in [5, 5.41) is 2.74. The van der Waals surface area contributed by atoms with Gasteiger partial charge in [0, 0.05) is 11.0 Å². The highest BCUT2D eigenvalue weighted by molar-refractivity contribution is 9.10. The summed E-state index contributed by atoms with van der Waals surface area (Å²) < 4.78 is 16.4. The number of ether oxygens (including phenoxy) is 3. The lowest BCUT2D eigenvalue weighted by Gasteiger charge is -2.14. The summed E-state index contributed by atoms with van der Waals surface area (Å²) in [7, 11) is 0. The number of carbonyl (C=O) groups excluding carboxylic acids is 2. The molecule has 6 nitrogen and oxygen atoms in total. The van der Waals surface area contributed by atoms with Gasteiger partial charge in [-0.2, -0.15) is 0 Å². The summed E-state index contributed by atoms with van der Waals surface area (Å²) in [6.07, 6.45) is -0.909. The van der Waals surface area contributed by atoms with Gasteiger partial charge in [-0.05, 0) is 52.7 Å². The second kappa shape index (κ2) is 7.57. The highest BCUT2D eigenvalue weighted by Gasteiger charge is 2.20. The van der Waals surface area contributed by atoms with Crippen molar-refractivity contribution in [1.82, 2.24) is 5.32 Å². The third kappa shape index (κ3) is 4.11. The van der Waals surface area contributed by atoms with Crippen molar-refractivity contribution in [3.63, 3.8) is 0 Å². The molecule has 1 heterocycles. The fourth-order valence-corrected chi connectivity index (χ4v) is 2.73. The number of benzene rings is 2. The molecule has 0 saturated carbocycles. The first-order valence-electron chi connectivity index (χ1n) is 7.66. The zero-order valence-electron chi connectivity index (χ0n) is 13.5. The van der Waals surface area contributed by atoms with Crippen LogP contribution in [0.25, 0.3) is 0 Å². The molecule has 0 aliphatic carbocycles. The van der Waals surface area contributed by atoms with Crippen LogP contribution in [0.1, 0.15) is 22.8 Å². The minimum atomic E-state index is -0.909. The van der Waals surface area contributed by atoms with Crippen LogP contribution in [0.2, 0.25) is 0 Å². The highest BCUT2D eigenvalue weighted by Crippen LogP contribution is 2.32. The Bertz CT molecular complexity index is 808. The van der Waals surface area contributed by atoms with E-state index in [0.717, 1.165) is 5.56 Å². The van der Waals surface area contributed by atoms with Crippen LogP contribution < -0.4 is 14.8 Å². The van der Waals surface area contributed by atoms with Gasteiger partial charge in [0.05, 0.1) is 5.56 Å². The lowest BCUT2D eigenvalue weighted by atomic mass is 10.2. The summed E-state index contributed by atoms with van der Waals surface area (Å²) in [5.74, 6) is 0.405. The van der Waals surface area contributed by atoms with Gasteiger partial charge in [-0.1, -0.05) is 18.2 Å². The number of halogens is 1. The molecule has 1 amide bonds. The Kier molecular flexibility index (Phi) is 5.23. The molecule has 1 N–H and O–H groups in total. The predicted octanol–water partition coefficient (Wildman–Crippen LogP) is 3.04. The molecule has 0 unspecified atom stereocenters. The molecular formula is C18H16BrNO5. The van der Waals surface area contributed by atoms with Crippen molar-refractivity contribution >= 4 is 27.8 Å². The average molecular weight is 406 g/mol. The Morgan fingerprint density at radius 3 is 2.76 bits per heavy atom. The molecule has 0 radical (unpaired) electrons. The number of hydrogen-bond donors (Lipinski definition) is 1. The SMILES string of the molecule is C[C@@H](OC(=O)c1ccccc1Br)C(=O)NCc1ccc2c(c1)OCO2. The van der Waals surface area contributed by atoms with E-state index in [1.54, 1.807) is 36.4 Å². The zero-order valence-corrected chi connectivity index (χ0v) is 15.0. The van der Waals surface area contributed by atoms with Crippen LogP contribution in [0, 0.1) is 0 Å². The van der Waals surface area contributed by atoms with Gasteiger partial charge in [0.25, 0.3) is 5.91 Å². The number of rotatable bonds is 5. The molecule has 1 aliphatic rings. The van der Waals surface area contributed by atoms with E-state index in [2.05, 4.69) is 21.2 Å². The molecule has 7 heteroatoms. The summed E-state index contributed by atoms with van der Waals surface area (Å²) in [5.41, 5.74) is 1.24. The summed E-state index contributed by atoms with van der Waals surface area (Å²) in [4.78, 5) is 24.3. The normalized spacial score (nSPS) is 13.2. The van der Waals surface area contributed by atoms with Crippen molar-refractivity contribution in [2.45, 2.75) is 19.6 Å². The first-order valence-corrected chi connectivity index (χ1v) is 8.45. The largest absolute Gasteiger partial charge is 0.454 e. The summed E-state index contributed by atoms with van der Waals surface area (Å²) in [6, 6.07) is 12.3. The first kappa shape index (κ1) is 17.3. The van der Waals surface area contributed by atoms with E-state index >= 15 is 0 Å². The monoisotopic (exact) mass is 405 g/mol. The third-order valence-corrected chi connectivity index (χ3v) is 4.34. The van der Waals surface area contributed by atoms with E-state index in [0.29, 0.717) is 28.1 Å². The quantitative estimate of drug-likeness (QED) is 0.773. The molecule has 0 saturated heterocycles. The van der Waals surface area contributed by atoms with Crippen LogP contribution in [-0.2, 0) is 16.1 Å². The molecule has 0 bridgehead atoms. The van der Waals surface area contributed by atoms with Crippen LogP contribution in [0.15, 0.2) is 46.9 Å². The maximum Gasteiger partial charge on any atom is 0.340 e. The number of hydrogen-bond acceptors (Lipinski definition) is 5. The smallest absolute Gasteiger partial charge is 0.340 e. The Balaban J connectivity index is 1.54. The van der Waals surface area contributed by atoms with Crippen LogP contribution in [0.5, 0.6) is 11.5 Å². The predicted molar refractivity (Wildman–Crippen MR) is 93.4 cm³/mol. The van der Waals surface area contributed by atoms with E-state index in [9.17, 15) is 9.59 Å². The Labute approximate surface area is 153 Å². The van der Waals surface area contributed by atoms with Gasteiger partial charge in [-0.25, -0.2) is 4.79 Å². The molecule has 2 aromatic carbocycles. The van der Waals surface area contributed by atoms with Gasteiger partial charge in [0.15, 0.2) is 17.6 Å². The van der Waals surface area contributed by atoms with Crippen LogP contribution in [-0.4, -0.2) is 24.8 Å². The fraction of sp³-hybridized carbons (Fsp3) is 0.222. The minimum absolute atomic E-state index is 0.202. The minimum Gasteiger partial charge on any atom is -0.454 e. The molecule has 0 aromatic heterocycles. The van der Waals surface area contributed by atoms with Crippen LogP contribution in [0.3, 0.4) is 0 Å². The number of fused-ring (bicyclic) bond motifs is 1. The van der Waals surface area contributed by atoms with E-state index in [-0.39, 0.29) is 12.7 Å². The first-order chi connectivity index (χ1) is 12.0. The second-order valence-electron chi connectivity index (χ2n) is 5.43. The lowest BCUT2D eigenvalue weighted by Crippen LogP contribution is -2.35. The van der Waals surface area contributed by atoms with Crippen LogP contribution in [0.4, 0.5) is 0 Å². The van der Waals surface area contributed by atoms with Gasteiger partial charge in [0.1, 0.15) is 0 Å². The Morgan fingerprint density at radius 2 is 1.96 bits per heavy atom. The molecular weight excluding hydrogens is 390 g/mol. The average Bonchev–Trinajstić information content (AvgIpc) is 3.07. The van der Waals surface area contributed by atoms with Crippen molar-refractivity contribution < 1.29 is 23.8 Å². The van der Waals surface area contributed by atoms with Crippen molar-refractivity contribution in [1.29, 1.82) is 0 Å². The Hall–Kier alpha value is -2.54. The molecule has 1 aliphatic heterocycles. The number of esters is 1. The summed E-state index contributed by atoms with van der Waals surface area (Å²) >= 11 is 3.29. The van der Waals surface area contributed by atoms with E-state index in [4.69, 9.17) is 14.2 Å². The Morgan fingerprint density at radius 1 is 1.20 bits per heavy atom. The van der Waals surface area contributed by atoms with Crippen molar-refractivity contribution in [2.24, 2.45) is 0 Å². The fourth-order valence-electron chi connectivity index (χ4n) is 2.29. The zero-order chi connectivity index (χ0) is 17.8. The van der Waals surface area contributed by atoms with E-state index in [1.165, 1.54) is 6.92 Å². The van der Waals surface area contributed by atoms with Crippen molar-refractivity contribution in [3.8, 4) is 11.5 Å². The van der Waals surface area contributed by atoms with E-state index < -0.39 is 12.1 Å². The van der Waals surface area contributed by atoms with Gasteiger partial charge in [0.2, 0.25) is 6.79 Å². The van der Waals surface area contributed by atoms with Crippen molar-refractivity contribution in [3.05, 3.63) is 58.1 Å². The number of nitrogens with one attached hydrogen (secondary N) is 1. The summed E-state index contributed by atoms with van der Waals surface area (Å²) in [6.45, 7) is 2.03. The van der Waals surface area contributed by atoms with Gasteiger partial charge in [-0.15, -0.1) is 0 Å². The van der Waals surface area contributed by atoms with Crippen molar-refractivity contribution in [2.75, 3.05) is 6.79 Å². The molecule has 0 fully saturated rings. The van der Waals surface area contributed by atoms with E-state index in [1.807, 2.05) is 6.07 Å². The van der Waals surface area contributed by atoms with Gasteiger partial charge < -0.3 is 19.5 Å². The topological polar surface area (TPSA) is 73.9 Å². The molecule has 1 atom stereocenters. The second-order valence-corrected chi connectivity index (χ2v) is 6.29. The molecule has 130 valence electrons. The maximum atomic E-state index is 12.1.